The molecular formula is C16H14BrFO2. The molecular weight excluding hydrogens is 323 g/mol. The SMILES string of the molecule is Cc1cc(F)ccc1C1CC(O)c2ccc(Br)cc2O1. The van der Waals surface area contributed by atoms with Crippen molar-refractivity contribution in [1.29, 1.82) is 0 Å². The van der Waals surface area contributed by atoms with E-state index in [1.165, 1.54) is 12.1 Å². The molecule has 0 radical (unpaired) electrons. The largest absolute Gasteiger partial charge is 0.485 e. The first-order valence-corrected chi connectivity index (χ1v) is 7.24. The third-order valence-electron chi connectivity index (χ3n) is 3.62. The summed E-state index contributed by atoms with van der Waals surface area (Å²) < 4.78 is 20.1. The van der Waals surface area contributed by atoms with Crippen molar-refractivity contribution in [3.05, 3.63) is 63.4 Å². The van der Waals surface area contributed by atoms with Crippen molar-refractivity contribution in [2.45, 2.75) is 25.6 Å². The molecule has 0 aromatic heterocycles. The van der Waals surface area contributed by atoms with Gasteiger partial charge in [0.1, 0.15) is 17.7 Å². The zero-order valence-electron chi connectivity index (χ0n) is 10.9. The van der Waals surface area contributed by atoms with Crippen LogP contribution in [0, 0.1) is 12.7 Å². The van der Waals surface area contributed by atoms with Gasteiger partial charge in [-0.3, -0.25) is 0 Å². The number of rotatable bonds is 1. The predicted molar refractivity (Wildman–Crippen MR) is 78.2 cm³/mol. The molecule has 0 fully saturated rings. The summed E-state index contributed by atoms with van der Waals surface area (Å²) in [6.45, 7) is 1.85. The van der Waals surface area contributed by atoms with Gasteiger partial charge in [-0.15, -0.1) is 0 Å². The van der Waals surface area contributed by atoms with Crippen LogP contribution in [-0.2, 0) is 0 Å². The van der Waals surface area contributed by atoms with E-state index in [2.05, 4.69) is 15.9 Å². The van der Waals surface area contributed by atoms with Gasteiger partial charge >= 0.3 is 0 Å². The van der Waals surface area contributed by atoms with E-state index in [1.807, 2.05) is 25.1 Å². The van der Waals surface area contributed by atoms with Crippen LogP contribution in [0.25, 0.3) is 0 Å². The van der Waals surface area contributed by atoms with Crippen LogP contribution in [0.4, 0.5) is 4.39 Å². The van der Waals surface area contributed by atoms with Crippen molar-refractivity contribution in [2.24, 2.45) is 0 Å². The summed E-state index contributed by atoms with van der Waals surface area (Å²) in [6.07, 6.45) is -0.352. The molecule has 4 heteroatoms. The monoisotopic (exact) mass is 336 g/mol. The Kier molecular flexibility index (Phi) is 3.52. The summed E-state index contributed by atoms with van der Waals surface area (Å²) in [6, 6.07) is 10.2. The number of fused-ring (bicyclic) bond motifs is 1. The van der Waals surface area contributed by atoms with Gasteiger partial charge in [0.15, 0.2) is 0 Å². The number of halogens is 2. The van der Waals surface area contributed by atoms with Crippen LogP contribution in [-0.4, -0.2) is 5.11 Å². The standard InChI is InChI=1S/C16H14BrFO2/c1-9-6-11(18)3-5-12(9)16-8-14(19)13-4-2-10(17)7-15(13)20-16/h2-7,14,16,19H,8H2,1H3. The van der Waals surface area contributed by atoms with E-state index in [4.69, 9.17) is 4.74 Å². The van der Waals surface area contributed by atoms with Gasteiger partial charge in [0.05, 0.1) is 6.10 Å². The Morgan fingerprint density at radius 2 is 1.95 bits per heavy atom. The Morgan fingerprint density at radius 1 is 1.20 bits per heavy atom. The quantitative estimate of drug-likeness (QED) is 0.833. The topological polar surface area (TPSA) is 29.5 Å². The molecule has 1 aliphatic rings. The van der Waals surface area contributed by atoms with Crippen LogP contribution in [0.15, 0.2) is 40.9 Å². The predicted octanol–water partition coefficient (Wildman–Crippen LogP) is 4.45. The fraction of sp³-hybridized carbons (Fsp3) is 0.250. The minimum absolute atomic E-state index is 0.257. The maximum absolute atomic E-state index is 13.2. The minimum atomic E-state index is -0.568. The van der Waals surface area contributed by atoms with E-state index in [0.717, 1.165) is 21.2 Å². The Balaban J connectivity index is 1.98. The molecule has 20 heavy (non-hydrogen) atoms. The smallest absolute Gasteiger partial charge is 0.127 e. The molecule has 104 valence electrons. The Morgan fingerprint density at radius 3 is 2.70 bits per heavy atom. The second-order valence-electron chi connectivity index (χ2n) is 5.04. The number of aliphatic hydroxyl groups excluding tert-OH is 1. The number of aliphatic hydroxyl groups is 1. The maximum atomic E-state index is 13.2. The van der Waals surface area contributed by atoms with Gasteiger partial charge in [-0.2, -0.15) is 0 Å². The first-order valence-electron chi connectivity index (χ1n) is 6.45. The molecule has 0 spiro atoms. The number of ether oxygens (including phenoxy) is 1. The molecule has 1 heterocycles. The molecule has 2 nitrogen and oxygen atoms in total. The molecule has 0 amide bonds. The molecule has 0 saturated carbocycles. The van der Waals surface area contributed by atoms with Crippen molar-refractivity contribution < 1.29 is 14.2 Å². The minimum Gasteiger partial charge on any atom is -0.485 e. The molecule has 2 unspecified atom stereocenters. The second kappa shape index (κ2) is 5.19. The lowest BCUT2D eigenvalue weighted by Gasteiger charge is -2.30. The second-order valence-corrected chi connectivity index (χ2v) is 5.96. The van der Waals surface area contributed by atoms with Crippen LogP contribution >= 0.6 is 15.9 Å². The van der Waals surface area contributed by atoms with Gasteiger partial charge in [-0.25, -0.2) is 4.39 Å². The number of hydrogen-bond donors (Lipinski definition) is 1. The molecule has 2 aromatic rings. The highest BCUT2D eigenvalue weighted by atomic mass is 79.9. The third kappa shape index (κ3) is 2.45. The normalized spacial score (nSPS) is 21.2. The van der Waals surface area contributed by atoms with Crippen molar-refractivity contribution in [3.63, 3.8) is 0 Å². The van der Waals surface area contributed by atoms with E-state index in [0.29, 0.717) is 12.2 Å². The molecule has 0 saturated heterocycles. The van der Waals surface area contributed by atoms with E-state index in [-0.39, 0.29) is 11.9 Å². The highest BCUT2D eigenvalue weighted by Crippen LogP contribution is 2.42. The van der Waals surface area contributed by atoms with Gasteiger partial charge in [0.2, 0.25) is 0 Å². The summed E-state index contributed by atoms with van der Waals surface area (Å²) in [4.78, 5) is 0. The average Bonchev–Trinajstić information content (AvgIpc) is 2.37. The fourth-order valence-corrected chi connectivity index (χ4v) is 2.95. The summed E-state index contributed by atoms with van der Waals surface area (Å²) in [7, 11) is 0. The molecule has 2 atom stereocenters. The van der Waals surface area contributed by atoms with Gasteiger partial charge < -0.3 is 9.84 Å². The summed E-state index contributed by atoms with van der Waals surface area (Å²) in [5.74, 6) is 0.414. The van der Waals surface area contributed by atoms with Gasteiger partial charge in [0, 0.05) is 16.5 Å². The first-order chi connectivity index (χ1) is 9.54. The summed E-state index contributed by atoms with van der Waals surface area (Å²) in [5.41, 5.74) is 2.54. The van der Waals surface area contributed by atoms with Crippen molar-refractivity contribution in [1.82, 2.24) is 0 Å². The fourth-order valence-electron chi connectivity index (χ4n) is 2.61. The molecule has 3 rings (SSSR count). The lowest BCUT2D eigenvalue weighted by molar-refractivity contribution is 0.0653. The Labute approximate surface area is 125 Å². The molecule has 2 aromatic carbocycles. The van der Waals surface area contributed by atoms with Crippen molar-refractivity contribution >= 4 is 15.9 Å². The van der Waals surface area contributed by atoms with E-state index >= 15 is 0 Å². The summed E-state index contributed by atoms with van der Waals surface area (Å²) >= 11 is 3.40. The van der Waals surface area contributed by atoms with Crippen LogP contribution < -0.4 is 4.74 Å². The van der Waals surface area contributed by atoms with Crippen molar-refractivity contribution in [2.75, 3.05) is 0 Å². The van der Waals surface area contributed by atoms with Crippen LogP contribution in [0.3, 0.4) is 0 Å². The van der Waals surface area contributed by atoms with E-state index < -0.39 is 6.10 Å². The number of hydrogen-bond acceptors (Lipinski definition) is 2. The van der Waals surface area contributed by atoms with Gasteiger partial charge in [0.25, 0.3) is 0 Å². The summed E-state index contributed by atoms with van der Waals surface area (Å²) in [5, 5.41) is 10.3. The van der Waals surface area contributed by atoms with E-state index in [9.17, 15) is 9.50 Å². The third-order valence-corrected chi connectivity index (χ3v) is 4.11. The Bertz CT molecular complexity index is 657. The highest BCUT2D eigenvalue weighted by Gasteiger charge is 2.29. The van der Waals surface area contributed by atoms with E-state index in [1.54, 1.807) is 6.07 Å². The molecule has 0 aliphatic carbocycles. The van der Waals surface area contributed by atoms with Crippen molar-refractivity contribution in [3.8, 4) is 5.75 Å². The van der Waals surface area contributed by atoms with Crippen LogP contribution in [0.2, 0.25) is 0 Å². The highest BCUT2D eigenvalue weighted by molar-refractivity contribution is 9.10. The van der Waals surface area contributed by atoms with Gasteiger partial charge in [-0.1, -0.05) is 28.1 Å². The first kappa shape index (κ1) is 13.6. The van der Waals surface area contributed by atoms with Crippen LogP contribution in [0.1, 0.15) is 35.3 Å². The molecule has 0 bridgehead atoms. The molecule has 1 aliphatic heterocycles. The maximum Gasteiger partial charge on any atom is 0.127 e. The zero-order chi connectivity index (χ0) is 14.3. The van der Waals surface area contributed by atoms with Crippen LogP contribution in [0.5, 0.6) is 5.75 Å². The lowest BCUT2D eigenvalue weighted by atomic mass is 9.93. The zero-order valence-corrected chi connectivity index (χ0v) is 12.5. The average molecular weight is 337 g/mol. The molecule has 1 N–H and O–H groups in total. The lowest BCUT2D eigenvalue weighted by Crippen LogP contribution is -2.19. The number of benzene rings is 2. The van der Waals surface area contributed by atoms with Gasteiger partial charge in [-0.05, 0) is 42.3 Å². The number of aryl methyl sites for hydroxylation is 1. The Hall–Kier alpha value is -1.39.